The van der Waals surface area contributed by atoms with Gasteiger partial charge in [-0.3, -0.25) is 9.59 Å². The van der Waals surface area contributed by atoms with Crippen LogP contribution in [0.3, 0.4) is 0 Å². The van der Waals surface area contributed by atoms with Crippen molar-refractivity contribution in [3.05, 3.63) is 33.7 Å². The van der Waals surface area contributed by atoms with Crippen LogP contribution in [0, 0.1) is 5.41 Å². The second-order valence-electron chi connectivity index (χ2n) is 9.07. The summed E-state index contributed by atoms with van der Waals surface area (Å²) in [4.78, 5) is 27.1. The summed E-state index contributed by atoms with van der Waals surface area (Å²) in [5, 5.41) is 17.0. The van der Waals surface area contributed by atoms with Crippen molar-refractivity contribution >= 4 is 5.91 Å². The Labute approximate surface area is 178 Å². The summed E-state index contributed by atoms with van der Waals surface area (Å²) in [6.07, 6.45) is -1.31. The number of H-pyrrole nitrogens is 1. The fourth-order valence-electron chi connectivity index (χ4n) is 4.63. The first-order valence-corrected chi connectivity index (χ1v) is 10.6. The average molecular weight is 445 g/mol. The molecule has 1 aromatic heterocycles. The fourth-order valence-corrected chi connectivity index (χ4v) is 4.63. The standard InChI is InChI=1S/C21H30F3N3O4/c1-19(2,30)20(6-3-15(11-20)26-14-4-7-31-8-5-14)18(29)25-12-16-9-13(21(22,23)24)10-17(28)27-16/h9-10,14-15,26,30H,3-8,11-12H2,1-2H3,(H,25,29)(H,27,28)/t15-,20-/m0/s1. The molecule has 10 heteroatoms. The summed E-state index contributed by atoms with van der Waals surface area (Å²) in [7, 11) is 0. The Hall–Kier alpha value is -1.91. The lowest BCUT2D eigenvalue weighted by molar-refractivity contribution is -0.146. The van der Waals surface area contributed by atoms with Crippen LogP contribution in [-0.2, 0) is 22.3 Å². The van der Waals surface area contributed by atoms with Crippen molar-refractivity contribution in [2.75, 3.05) is 13.2 Å². The van der Waals surface area contributed by atoms with Gasteiger partial charge in [0.05, 0.1) is 23.1 Å². The van der Waals surface area contributed by atoms with E-state index in [9.17, 15) is 27.9 Å². The van der Waals surface area contributed by atoms with Crippen LogP contribution >= 0.6 is 0 Å². The van der Waals surface area contributed by atoms with Crippen molar-refractivity contribution in [2.45, 2.75) is 76.4 Å². The zero-order valence-corrected chi connectivity index (χ0v) is 17.8. The summed E-state index contributed by atoms with van der Waals surface area (Å²) in [5.41, 5.74) is -4.42. The lowest BCUT2D eigenvalue weighted by atomic mass is 9.71. The van der Waals surface area contributed by atoms with Crippen molar-refractivity contribution in [1.29, 1.82) is 0 Å². The van der Waals surface area contributed by atoms with Gasteiger partial charge in [0.1, 0.15) is 0 Å². The Bertz CT molecular complexity index is 843. The van der Waals surface area contributed by atoms with Crippen LogP contribution in [0.25, 0.3) is 0 Å². The highest BCUT2D eigenvalue weighted by Crippen LogP contribution is 2.47. The van der Waals surface area contributed by atoms with Crippen molar-refractivity contribution < 1.29 is 27.8 Å². The number of halogens is 3. The van der Waals surface area contributed by atoms with E-state index in [0.717, 1.165) is 18.9 Å². The maximum atomic E-state index is 13.2. The lowest BCUT2D eigenvalue weighted by Gasteiger charge is -2.39. The van der Waals surface area contributed by atoms with Crippen molar-refractivity contribution in [3.63, 3.8) is 0 Å². The Morgan fingerprint density at radius 3 is 2.52 bits per heavy atom. The molecule has 4 N–H and O–H groups in total. The molecular weight excluding hydrogens is 415 g/mol. The molecule has 1 saturated carbocycles. The lowest BCUT2D eigenvalue weighted by Crippen LogP contribution is -2.53. The third-order valence-corrected chi connectivity index (χ3v) is 6.48. The molecule has 0 unspecified atom stereocenters. The molecule has 0 spiro atoms. The largest absolute Gasteiger partial charge is 0.416 e. The number of amides is 1. The van der Waals surface area contributed by atoms with E-state index in [1.165, 1.54) is 0 Å². The molecule has 2 atom stereocenters. The zero-order valence-electron chi connectivity index (χ0n) is 17.8. The van der Waals surface area contributed by atoms with Gasteiger partial charge in [0, 0.05) is 37.1 Å². The quantitative estimate of drug-likeness (QED) is 0.537. The molecule has 174 valence electrons. The normalized spacial score (nSPS) is 25.5. The average Bonchev–Trinajstić information content (AvgIpc) is 3.11. The number of ether oxygens (including phenoxy) is 1. The van der Waals surface area contributed by atoms with Crippen LogP contribution in [-0.4, -0.2) is 46.9 Å². The highest BCUT2D eigenvalue weighted by Gasteiger charge is 2.54. The third-order valence-electron chi connectivity index (χ3n) is 6.48. The number of carbonyl (C=O) groups excluding carboxylic acids is 1. The molecule has 0 aromatic carbocycles. The van der Waals surface area contributed by atoms with Gasteiger partial charge in [-0.2, -0.15) is 13.2 Å². The Balaban J connectivity index is 1.70. The minimum atomic E-state index is -4.66. The molecule has 7 nitrogen and oxygen atoms in total. The topological polar surface area (TPSA) is 103 Å². The predicted octanol–water partition coefficient (Wildman–Crippen LogP) is 2.09. The highest BCUT2D eigenvalue weighted by molar-refractivity contribution is 5.84. The van der Waals surface area contributed by atoms with Crippen LogP contribution in [0.2, 0.25) is 0 Å². The van der Waals surface area contributed by atoms with Gasteiger partial charge < -0.3 is 25.5 Å². The first kappa shape index (κ1) is 23.7. The Morgan fingerprint density at radius 2 is 1.90 bits per heavy atom. The Kier molecular flexibility index (Phi) is 6.83. The number of aromatic amines is 1. The number of hydrogen-bond acceptors (Lipinski definition) is 5. The van der Waals surface area contributed by atoms with Crippen LogP contribution in [0.4, 0.5) is 13.2 Å². The molecule has 0 bridgehead atoms. The molecule has 1 aromatic rings. The van der Waals surface area contributed by atoms with E-state index in [-0.39, 0.29) is 18.3 Å². The summed E-state index contributed by atoms with van der Waals surface area (Å²) in [5.74, 6) is -0.436. The molecular formula is C21H30F3N3O4. The molecule has 2 heterocycles. The van der Waals surface area contributed by atoms with E-state index in [0.29, 0.717) is 44.6 Å². The second-order valence-corrected chi connectivity index (χ2v) is 9.07. The third kappa shape index (κ3) is 5.48. The number of aromatic nitrogens is 1. The number of hydrogen-bond donors (Lipinski definition) is 4. The van der Waals surface area contributed by atoms with Crippen molar-refractivity contribution in [2.24, 2.45) is 5.41 Å². The molecule has 2 fully saturated rings. The summed E-state index contributed by atoms with van der Waals surface area (Å²) >= 11 is 0. The monoisotopic (exact) mass is 445 g/mol. The second kappa shape index (κ2) is 8.91. The van der Waals surface area contributed by atoms with Crippen LogP contribution < -0.4 is 16.2 Å². The highest BCUT2D eigenvalue weighted by atomic mass is 19.4. The smallest absolute Gasteiger partial charge is 0.389 e. The van der Waals surface area contributed by atoms with Gasteiger partial charge in [-0.25, -0.2) is 0 Å². The first-order chi connectivity index (χ1) is 14.4. The number of alkyl halides is 3. The van der Waals surface area contributed by atoms with E-state index in [4.69, 9.17) is 4.74 Å². The number of nitrogens with one attached hydrogen (secondary N) is 3. The van der Waals surface area contributed by atoms with Gasteiger partial charge in [-0.1, -0.05) is 0 Å². The molecule has 1 amide bonds. The molecule has 31 heavy (non-hydrogen) atoms. The van der Waals surface area contributed by atoms with Crippen molar-refractivity contribution in [1.82, 2.24) is 15.6 Å². The van der Waals surface area contributed by atoms with Gasteiger partial charge in [0.2, 0.25) is 11.5 Å². The summed E-state index contributed by atoms with van der Waals surface area (Å²) < 4.78 is 44.2. The molecule has 1 aliphatic heterocycles. The first-order valence-electron chi connectivity index (χ1n) is 10.6. The van der Waals surface area contributed by atoms with E-state index in [1.807, 2.05) is 0 Å². The van der Waals surface area contributed by atoms with Gasteiger partial charge in [0.25, 0.3) is 0 Å². The molecule has 1 saturated heterocycles. The minimum absolute atomic E-state index is 0.0473. The number of carbonyl (C=O) groups is 1. The van der Waals surface area contributed by atoms with Gasteiger partial charge in [-0.05, 0) is 52.0 Å². The maximum absolute atomic E-state index is 13.2. The van der Waals surface area contributed by atoms with Crippen molar-refractivity contribution in [3.8, 4) is 0 Å². The van der Waals surface area contributed by atoms with E-state index in [1.54, 1.807) is 13.8 Å². The van der Waals surface area contributed by atoms with E-state index < -0.39 is 34.2 Å². The molecule has 1 aliphatic carbocycles. The molecule has 0 radical (unpaired) electrons. The summed E-state index contributed by atoms with van der Waals surface area (Å²) in [6.45, 7) is 4.27. The molecule has 3 rings (SSSR count). The predicted molar refractivity (Wildman–Crippen MR) is 107 cm³/mol. The zero-order chi connectivity index (χ0) is 22.9. The molecule has 2 aliphatic rings. The van der Waals surface area contributed by atoms with Crippen LogP contribution in [0.1, 0.15) is 57.2 Å². The number of aliphatic hydroxyl groups is 1. The van der Waals surface area contributed by atoms with Gasteiger partial charge in [0.15, 0.2) is 0 Å². The number of pyridine rings is 1. The van der Waals surface area contributed by atoms with Gasteiger partial charge in [-0.15, -0.1) is 0 Å². The number of rotatable bonds is 6. The maximum Gasteiger partial charge on any atom is 0.416 e. The van der Waals surface area contributed by atoms with Crippen LogP contribution in [0.15, 0.2) is 16.9 Å². The van der Waals surface area contributed by atoms with E-state index >= 15 is 0 Å². The SMILES string of the molecule is CC(C)(O)[C@@]1(C(=O)NCc2cc(C(F)(F)F)cc(=O)[nH]2)CC[C@H](NC2CCOCC2)C1. The minimum Gasteiger partial charge on any atom is -0.389 e. The summed E-state index contributed by atoms with van der Waals surface area (Å²) in [6, 6.07) is 1.64. The van der Waals surface area contributed by atoms with Gasteiger partial charge >= 0.3 is 6.18 Å². The van der Waals surface area contributed by atoms with E-state index in [2.05, 4.69) is 15.6 Å². The Morgan fingerprint density at radius 1 is 1.23 bits per heavy atom. The fraction of sp³-hybridized carbons (Fsp3) is 0.714. The van der Waals surface area contributed by atoms with Crippen LogP contribution in [0.5, 0.6) is 0 Å².